The highest BCUT2D eigenvalue weighted by molar-refractivity contribution is 8.01. The maximum Gasteiger partial charge on any atom is 0.350 e. The largest absolute Gasteiger partial charge is 0.465 e. The minimum atomic E-state index is -0.405. The number of methoxy groups -OCH3 is 1. The summed E-state index contributed by atoms with van der Waals surface area (Å²) >= 11 is 3.67. The fourth-order valence-corrected chi connectivity index (χ4v) is 4.56. The molecule has 0 unspecified atom stereocenters. The molecule has 1 heterocycles. The molecule has 1 rings (SSSR count). The van der Waals surface area contributed by atoms with Crippen LogP contribution in [0.15, 0.2) is 9.00 Å². The van der Waals surface area contributed by atoms with Crippen LogP contribution in [0, 0.1) is 0 Å². The van der Waals surface area contributed by atoms with E-state index in [1.165, 1.54) is 7.11 Å². The van der Waals surface area contributed by atoms with Crippen LogP contribution in [-0.2, 0) is 4.74 Å². The maximum absolute atomic E-state index is 11.3. The van der Waals surface area contributed by atoms with Gasteiger partial charge in [-0.2, -0.15) is 0 Å². The first-order valence-electron chi connectivity index (χ1n) is 4.54. The van der Waals surface area contributed by atoms with E-state index in [9.17, 15) is 9.59 Å². The van der Waals surface area contributed by atoms with E-state index in [2.05, 4.69) is 11.7 Å². The number of esters is 1. The zero-order chi connectivity index (χ0) is 11.3. The minimum absolute atomic E-state index is 0.0469. The molecule has 3 nitrogen and oxygen atoms in total. The highest BCUT2D eigenvalue weighted by Crippen LogP contribution is 2.30. The van der Waals surface area contributed by atoms with E-state index in [-0.39, 0.29) is 4.06 Å². The highest BCUT2D eigenvalue weighted by Gasteiger charge is 2.17. The molecule has 0 fully saturated rings. The molecule has 0 aliphatic heterocycles. The number of hydrogen-bond acceptors (Lipinski definition) is 6. The van der Waals surface area contributed by atoms with Gasteiger partial charge in [-0.05, 0) is 12.2 Å². The van der Waals surface area contributed by atoms with E-state index >= 15 is 0 Å². The van der Waals surface area contributed by atoms with Crippen molar-refractivity contribution >= 4 is 40.4 Å². The molecule has 6 heteroatoms. The summed E-state index contributed by atoms with van der Waals surface area (Å²) in [6.45, 7) is 2.11. The maximum atomic E-state index is 11.3. The van der Waals surface area contributed by atoms with Gasteiger partial charge in [0.05, 0.1) is 11.3 Å². The van der Waals surface area contributed by atoms with Gasteiger partial charge in [0.25, 0.3) is 4.06 Å². The molecule has 0 saturated carbocycles. The van der Waals surface area contributed by atoms with Gasteiger partial charge in [-0.1, -0.05) is 36.0 Å². The third-order valence-electron chi connectivity index (χ3n) is 1.65. The Balaban J connectivity index is 2.77. The highest BCUT2D eigenvalue weighted by atomic mass is 32.2. The molecule has 0 atom stereocenters. The first-order valence-corrected chi connectivity index (χ1v) is 7.16. The van der Waals surface area contributed by atoms with Crippen molar-refractivity contribution in [2.45, 2.75) is 24.0 Å². The molecule has 15 heavy (non-hydrogen) atoms. The molecule has 1 aromatic rings. The number of thioether (sulfide) groups is 1. The zero-order valence-corrected chi connectivity index (χ0v) is 11.0. The first-order chi connectivity index (χ1) is 7.19. The number of hydrogen-bond donors (Lipinski definition) is 0. The fourth-order valence-electron chi connectivity index (χ4n) is 0.890. The summed E-state index contributed by atoms with van der Waals surface area (Å²) in [5, 5.41) is 0. The lowest BCUT2D eigenvalue weighted by Gasteiger charge is -1.99. The van der Waals surface area contributed by atoms with Gasteiger partial charge in [0, 0.05) is 0 Å². The van der Waals surface area contributed by atoms with Crippen LogP contribution >= 0.6 is 34.4 Å². The quantitative estimate of drug-likeness (QED) is 0.466. The van der Waals surface area contributed by atoms with Gasteiger partial charge in [0.1, 0.15) is 4.88 Å². The summed E-state index contributed by atoms with van der Waals surface area (Å²) in [6, 6.07) is 0. The standard InChI is InChI=1S/C9H12O3S3/c1-3-4-5-13-8-6(7(10)12-2)14-9(11)15-8/h3-5H2,1-2H3. The molecule has 0 saturated heterocycles. The Labute approximate surface area is 100 Å². The van der Waals surface area contributed by atoms with E-state index in [0.29, 0.717) is 4.88 Å². The molecule has 0 spiro atoms. The molecular weight excluding hydrogens is 252 g/mol. The summed E-state index contributed by atoms with van der Waals surface area (Å²) < 4.78 is 5.37. The molecule has 0 aliphatic carbocycles. The van der Waals surface area contributed by atoms with Crippen molar-refractivity contribution in [3.05, 3.63) is 13.7 Å². The van der Waals surface area contributed by atoms with Gasteiger partial charge in [0.2, 0.25) is 0 Å². The molecule has 0 bridgehead atoms. The number of rotatable bonds is 5. The van der Waals surface area contributed by atoms with Gasteiger partial charge in [-0.3, -0.25) is 4.79 Å². The van der Waals surface area contributed by atoms with Crippen LogP contribution in [0.4, 0.5) is 0 Å². The van der Waals surface area contributed by atoms with Gasteiger partial charge in [0.15, 0.2) is 0 Å². The number of unbranched alkanes of at least 4 members (excludes halogenated alkanes) is 1. The Morgan fingerprint density at radius 1 is 1.47 bits per heavy atom. The molecule has 1 aromatic heterocycles. The molecule has 0 N–H and O–H groups in total. The lowest BCUT2D eigenvalue weighted by Crippen LogP contribution is -1.99. The Morgan fingerprint density at radius 3 is 2.80 bits per heavy atom. The Morgan fingerprint density at radius 2 is 2.20 bits per heavy atom. The molecule has 0 amide bonds. The predicted molar refractivity (Wildman–Crippen MR) is 65.4 cm³/mol. The van der Waals surface area contributed by atoms with Crippen LogP contribution in [0.5, 0.6) is 0 Å². The van der Waals surface area contributed by atoms with E-state index in [1.807, 2.05) is 0 Å². The SMILES string of the molecule is CCCCSc1sc(=O)sc1C(=O)OC. The third-order valence-corrected chi connectivity index (χ3v) is 5.27. The number of ether oxygens (including phenoxy) is 1. The lowest BCUT2D eigenvalue weighted by atomic mass is 10.4. The van der Waals surface area contributed by atoms with Crippen molar-refractivity contribution in [1.82, 2.24) is 0 Å². The summed E-state index contributed by atoms with van der Waals surface area (Å²) in [5.74, 6) is 0.532. The summed E-state index contributed by atoms with van der Waals surface area (Å²) in [5.41, 5.74) is 0. The van der Waals surface area contributed by atoms with Gasteiger partial charge in [-0.15, -0.1) is 11.8 Å². The van der Waals surface area contributed by atoms with Crippen molar-refractivity contribution in [1.29, 1.82) is 0 Å². The Kier molecular flexibility index (Phi) is 5.35. The second-order valence-electron chi connectivity index (χ2n) is 2.76. The van der Waals surface area contributed by atoms with Gasteiger partial charge >= 0.3 is 5.97 Å². The van der Waals surface area contributed by atoms with Gasteiger partial charge in [-0.25, -0.2) is 4.79 Å². The first kappa shape index (κ1) is 12.7. The van der Waals surface area contributed by atoms with Crippen molar-refractivity contribution < 1.29 is 9.53 Å². The van der Waals surface area contributed by atoms with Crippen LogP contribution in [0.2, 0.25) is 0 Å². The monoisotopic (exact) mass is 264 g/mol. The molecule has 84 valence electrons. The van der Waals surface area contributed by atoms with Crippen LogP contribution < -0.4 is 4.06 Å². The smallest absolute Gasteiger partial charge is 0.350 e. The third kappa shape index (κ3) is 3.62. The summed E-state index contributed by atoms with van der Waals surface area (Å²) in [6.07, 6.45) is 2.20. The van der Waals surface area contributed by atoms with Crippen molar-refractivity contribution in [2.75, 3.05) is 12.9 Å². The summed E-state index contributed by atoms with van der Waals surface area (Å²) in [4.78, 5) is 23.0. The second kappa shape index (κ2) is 6.30. The van der Waals surface area contributed by atoms with E-state index in [0.717, 1.165) is 45.5 Å². The normalized spacial score (nSPS) is 10.3. The van der Waals surface area contributed by atoms with E-state index in [1.54, 1.807) is 11.8 Å². The van der Waals surface area contributed by atoms with Crippen LogP contribution in [0.1, 0.15) is 29.4 Å². The predicted octanol–water partition coefficient (Wildman–Crippen LogP) is 2.85. The summed E-state index contributed by atoms with van der Waals surface area (Å²) in [7, 11) is 1.33. The molecule has 0 aromatic carbocycles. The Hall–Kier alpha value is -0.330. The van der Waals surface area contributed by atoms with Crippen molar-refractivity contribution in [2.24, 2.45) is 0 Å². The average molecular weight is 264 g/mol. The van der Waals surface area contributed by atoms with Crippen LogP contribution in [0.25, 0.3) is 0 Å². The Bertz CT molecular complexity index is 380. The topological polar surface area (TPSA) is 43.4 Å². The van der Waals surface area contributed by atoms with Crippen LogP contribution in [0.3, 0.4) is 0 Å². The zero-order valence-electron chi connectivity index (χ0n) is 8.57. The second-order valence-corrected chi connectivity index (χ2v) is 6.35. The van der Waals surface area contributed by atoms with E-state index in [4.69, 9.17) is 0 Å². The van der Waals surface area contributed by atoms with Gasteiger partial charge < -0.3 is 4.74 Å². The lowest BCUT2D eigenvalue weighted by molar-refractivity contribution is 0.0603. The molecular formula is C9H12O3S3. The number of carbonyl (C=O) groups excluding carboxylic acids is 1. The average Bonchev–Trinajstić information content (AvgIpc) is 2.59. The van der Waals surface area contributed by atoms with E-state index < -0.39 is 5.97 Å². The van der Waals surface area contributed by atoms with Crippen molar-refractivity contribution in [3.8, 4) is 0 Å². The number of carbonyl (C=O) groups is 1. The fraction of sp³-hybridized carbons (Fsp3) is 0.556. The molecule has 0 radical (unpaired) electrons. The molecule has 0 aliphatic rings. The minimum Gasteiger partial charge on any atom is -0.465 e. The van der Waals surface area contributed by atoms with Crippen molar-refractivity contribution in [3.63, 3.8) is 0 Å². The van der Waals surface area contributed by atoms with Crippen LogP contribution in [-0.4, -0.2) is 18.8 Å².